The molecule has 0 radical (unpaired) electrons. The van der Waals surface area contributed by atoms with Crippen molar-refractivity contribution in [3.8, 4) is 0 Å². The molecule has 9 heteroatoms. The molecule has 1 fully saturated rings. The van der Waals surface area contributed by atoms with E-state index in [1.807, 2.05) is 30.3 Å². The van der Waals surface area contributed by atoms with E-state index in [-0.39, 0.29) is 24.4 Å². The first kappa shape index (κ1) is 19.0. The largest absolute Gasteiger partial charge is 0.394 e. The van der Waals surface area contributed by atoms with Gasteiger partial charge in [-0.15, -0.1) is 0 Å². The van der Waals surface area contributed by atoms with E-state index in [0.717, 1.165) is 10.1 Å². The first-order chi connectivity index (χ1) is 13.0. The fraction of sp³-hybridized carbons (Fsp3) is 0.389. The van der Waals surface area contributed by atoms with Crippen LogP contribution in [-0.4, -0.2) is 44.5 Å². The maximum absolute atomic E-state index is 12.2. The quantitative estimate of drug-likeness (QED) is 0.550. The van der Waals surface area contributed by atoms with Crippen molar-refractivity contribution in [3.63, 3.8) is 0 Å². The number of aliphatic hydroxyl groups is 2. The minimum Gasteiger partial charge on any atom is -0.394 e. The number of anilines is 1. The molecule has 27 heavy (non-hydrogen) atoms. The molecule has 144 valence electrons. The molecule has 1 aliphatic rings. The van der Waals surface area contributed by atoms with Crippen molar-refractivity contribution in [3.05, 3.63) is 62.9 Å². The zero-order valence-corrected chi connectivity index (χ0v) is 14.5. The average molecular weight is 375 g/mol. The lowest BCUT2D eigenvalue weighted by molar-refractivity contribution is -0.116. The number of carbonyl (C=O) groups is 1. The molecular formula is C18H21N3O6. The Labute approximate surface area is 154 Å². The third-order valence-corrected chi connectivity index (χ3v) is 4.42. The summed E-state index contributed by atoms with van der Waals surface area (Å²) in [7, 11) is 0. The monoisotopic (exact) mass is 375 g/mol. The van der Waals surface area contributed by atoms with Gasteiger partial charge in [-0.25, -0.2) is 4.79 Å². The van der Waals surface area contributed by atoms with Crippen molar-refractivity contribution >= 4 is 11.6 Å². The number of hydrogen-bond donors (Lipinski definition) is 4. The third-order valence-electron chi connectivity index (χ3n) is 4.42. The highest BCUT2D eigenvalue weighted by atomic mass is 16.5. The van der Waals surface area contributed by atoms with Gasteiger partial charge in [0, 0.05) is 19.0 Å². The van der Waals surface area contributed by atoms with Gasteiger partial charge in [0.05, 0.1) is 12.7 Å². The number of aromatic nitrogens is 2. The Hall–Kier alpha value is -2.75. The fourth-order valence-corrected chi connectivity index (χ4v) is 2.95. The molecule has 1 aromatic heterocycles. The first-order valence-corrected chi connectivity index (χ1v) is 8.61. The Balaban J connectivity index is 1.71. The highest BCUT2D eigenvalue weighted by molar-refractivity contribution is 5.90. The van der Waals surface area contributed by atoms with Crippen LogP contribution in [0, 0.1) is 0 Å². The molecular weight excluding hydrogens is 354 g/mol. The molecule has 1 aliphatic heterocycles. The molecule has 1 amide bonds. The number of aromatic amines is 1. The maximum atomic E-state index is 12.2. The number of ether oxygens (including phenoxy) is 1. The highest BCUT2D eigenvalue weighted by Crippen LogP contribution is 2.27. The number of benzene rings is 1. The molecule has 0 spiro atoms. The van der Waals surface area contributed by atoms with Crippen molar-refractivity contribution in [1.82, 2.24) is 9.55 Å². The number of aliphatic hydroxyl groups excluding tert-OH is 2. The molecule has 2 aromatic rings. The summed E-state index contributed by atoms with van der Waals surface area (Å²) in [6.07, 6.45) is -0.618. The molecule has 3 rings (SSSR count). The van der Waals surface area contributed by atoms with Crippen molar-refractivity contribution in [2.45, 2.75) is 37.7 Å². The van der Waals surface area contributed by atoms with Crippen LogP contribution in [0.2, 0.25) is 0 Å². The smallest absolute Gasteiger partial charge is 0.330 e. The van der Waals surface area contributed by atoms with E-state index < -0.39 is 36.3 Å². The summed E-state index contributed by atoms with van der Waals surface area (Å²) in [5.74, 6) is -0.366. The van der Waals surface area contributed by atoms with E-state index >= 15 is 0 Å². The van der Waals surface area contributed by atoms with Crippen molar-refractivity contribution in [1.29, 1.82) is 0 Å². The second-order valence-corrected chi connectivity index (χ2v) is 6.36. The van der Waals surface area contributed by atoms with Crippen LogP contribution >= 0.6 is 0 Å². The van der Waals surface area contributed by atoms with Crippen LogP contribution in [0.1, 0.15) is 24.6 Å². The molecule has 2 heterocycles. The molecule has 1 aromatic carbocycles. The number of aryl methyl sites for hydroxylation is 1. The van der Waals surface area contributed by atoms with E-state index in [2.05, 4.69) is 10.3 Å². The van der Waals surface area contributed by atoms with Gasteiger partial charge in [0.15, 0.2) is 0 Å². The number of H-pyrrole nitrogens is 1. The SMILES string of the molecule is O=C(CCc1ccccc1)Nc1cn([C@@H]2CC(O)[C@H](CO)O2)c(=O)[nH]c1=O. The van der Waals surface area contributed by atoms with Gasteiger partial charge < -0.3 is 20.3 Å². The van der Waals surface area contributed by atoms with Crippen LogP contribution in [-0.2, 0) is 16.0 Å². The van der Waals surface area contributed by atoms with Gasteiger partial charge in [0.2, 0.25) is 5.91 Å². The van der Waals surface area contributed by atoms with Gasteiger partial charge in [-0.1, -0.05) is 30.3 Å². The molecule has 0 saturated carbocycles. The van der Waals surface area contributed by atoms with E-state index in [0.29, 0.717) is 6.42 Å². The van der Waals surface area contributed by atoms with Gasteiger partial charge in [-0.3, -0.25) is 19.1 Å². The first-order valence-electron chi connectivity index (χ1n) is 8.61. The Morgan fingerprint density at radius 3 is 2.70 bits per heavy atom. The standard InChI is InChI=1S/C18H21N3O6/c22-10-14-13(23)8-16(27-14)21-9-12(17(25)20-18(21)26)19-15(24)7-6-11-4-2-1-3-5-11/h1-5,9,13-14,16,22-23H,6-8,10H2,(H,19,24)(H,20,25,26)/t13?,14-,16-/m0/s1. The highest BCUT2D eigenvalue weighted by Gasteiger charge is 2.35. The lowest BCUT2D eigenvalue weighted by Gasteiger charge is -2.15. The van der Waals surface area contributed by atoms with E-state index in [1.54, 1.807) is 0 Å². The lowest BCUT2D eigenvalue weighted by atomic mass is 10.1. The topological polar surface area (TPSA) is 134 Å². The van der Waals surface area contributed by atoms with Crippen LogP contribution in [0.25, 0.3) is 0 Å². The van der Waals surface area contributed by atoms with Crippen LogP contribution in [0.5, 0.6) is 0 Å². The van der Waals surface area contributed by atoms with Crippen molar-refractivity contribution in [2.24, 2.45) is 0 Å². The summed E-state index contributed by atoms with van der Waals surface area (Å²) in [6.45, 7) is -0.390. The maximum Gasteiger partial charge on any atom is 0.330 e. The van der Waals surface area contributed by atoms with Crippen LogP contribution in [0.15, 0.2) is 46.1 Å². The Morgan fingerprint density at radius 1 is 1.30 bits per heavy atom. The summed E-state index contributed by atoms with van der Waals surface area (Å²) in [5, 5.41) is 21.5. The third kappa shape index (κ3) is 4.51. The molecule has 1 unspecified atom stereocenters. The van der Waals surface area contributed by atoms with E-state index in [1.165, 1.54) is 6.20 Å². The summed E-state index contributed by atoms with van der Waals surface area (Å²) in [4.78, 5) is 38.3. The number of rotatable bonds is 6. The van der Waals surface area contributed by atoms with Gasteiger partial charge >= 0.3 is 5.69 Å². The lowest BCUT2D eigenvalue weighted by Crippen LogP contribution is -2.34. The van der Waals surface area contributed by atoms with Crippen LogP contribution < -0.4 is 16.6 Å². The minimum atomic E-state index is -0.928. The normalized spacial score (nSPS) is 21.9. The number of carbonyl (C=O) groups excluding carboxylic acids is 1. The second kappa shape index (κ2) is 8.30. The van der Waals surface area contributed by atoms with E-state index in [4.69, 9.17) is 9.84 Å². The molecule has 1 saturated heterocycles. The van der Waals surface area contributed by atoms with Crippen molar-refractivity contribution < 1.29 is 19.7 Å². The Morgan fingerprint density at radius 2 is 2.04 bits per heavy atom. The van der Waals surface area contributed by atoms with Gasteiger partial charge in [0.25, 0.3) is 5.56 Å². The minimum absolute atomic E-state index is 0.0819. The summed E-state index contributed by atoms with van der Waals surface area (Å²) in [6, 6.07) is 9.45. The zero-order valence-electron chi connectivity index (χ0n) is 14.5. The molecule has 9 nitrogen and oxygen atoms in total. The van der Waals surface area contributed by atoms with Crippen LogP contribution in [0.3, 0.4) is 0 Å². The number of nitrogens with zero attached hydrogens (tertiary/aromatic N) is 1. The molecule has 4 N–H and O–H groups in total. The van der Waals surface area contributed by atoms with Gasteiger partial charge in [0.1, 0.15) is 18.0 Å². The number of hydrogen-bond acceptors (Lipinski definition) is 6. The molecule has 0 aliphatic carbocycles. The number of amides is 1. The molecule has 3 atom stereocenters. The van der Waals surface area contributed by atoms with Gasteiger partial charge in [-0.2, -0.15) is 0 Å². The predicted octanol–water partition coefficient (Wildman–Crippen LogP) is -0.251. The second-order valence-electron chi connectivity index (χ2n) is 6.36. The van der Waals surface area contributed by atoms with Gasteiger partial charge in [-0.05, 0) is 12.0 Å². The van der Waals surface area contributed by atoms with E-state index in [9.17, 15) is 19.5 Å². The predicted molar refractivity (Wildman–Crippen MR) is 96.3 cm³/mol. The summed E-state index contributed by atoms with van der Waals surface area (Å²) in [5.41, 5.74) is -0.534. The summed E-state index contributed by atoms with van der Waals surface area (Å²) < 4.78 is 6.51. The summed E-state index contributed by atoms with van der Waals surface area (Å²) >= 11 is 0. The van der Waals surface area contributed by atoms with Crippen molar-refractivity contribution in [2.75, 3.05) is 11.9 Å². The number of nitrogens with one attached hydrogen (secondary N) is 2. The Bertz CT molecular complexity index is 907. The average Bonchev–Trinajstić information content (AvgIpc) is 3.03. The van der Waals surface area contributed by atoms with Crippen LogP contribution in [0.4, 0.5) is 5.69 Å². The fourth-order valence-electron chi connectivity index (χ4n) is 2.95. The Kier molecular flexibility index (Phi) is 5.84. The molecule has 0 bridgehead atoms. The zero-order chi connectivity index (χ0) is 19.4.